The van der Waals surface area contributed by atoms with E-state index in [2.05, 4.69) is 36.7 Å². The molecule has 0 aliphatic rings. The van der Waals surface area contributed by atoms with Gasteiger partial charge in [-0.3, -0.25) is 4.79 Å². The second kappa shape index (κ2) is 9.58. The maximum absolute atomic E-state index is 11.9. The van der Waals surface area contributed by atoms with Gasteiger partial charge in [-0.15, -0.1) is 0 Å². The van der Waals surface area contributed by atoms with Crippen LogP contribution < -0.4 is 10.6 Å². The van der Waals surface area contributed by atoms with Crippen molar-refractivity contribution in [2.75, 3.05) is 20.3 Å². The lowest BCUT2D eigenvalue weighted by Crippen LogP contribution is -2.37. The largest absolute Gasteiger partial charge is 0.383 e. The summed E-state index contributed by atoms with van der Waals surface area (Å²) in [5, 5.41) is 6.40. The summed E-state index contributed by atoms with van der Waals surface area (Å²) >= 11 is 0. The van der Waals surface area contributed by atoms with Gasteiger partial charge >= 0.3 is 0 Å². The van der Waals surface area contributed by atoms with E-state index in [4.69, 9.17) is 4.74 Å². The molecule has 2 N–H and O–H groups in total. The molecule has 0 saturated heterocycles. The number of rotatable bonds is 10. The molecule has 21 heavy (non-hydrogen) atoms. The maximum Gasteiger partial charge on any atom is 0.240 e. The fraction of sp³-hybridized carbons (Fsp3) is 0.688. The van der Waals surface area contributed by atoms with E-state index in [9.17, 15) is 4.79 Å². The molecule has 0 saturated carbocycles. The number of nitrogens with one attached hydrogen (secondary N) is 2. The first-order valence-corrected chi connectivity index (χ1v) is 7.78. The van der Waals surface area contributed by atoms with Crippen molar-refractivity contribution in [3.8, 4) is 0 Å². The molecule has 0 aliphatic carbocycles. The van der Waals surface area contributed by atoms with Gasteiger partial charge in [0.2, 0.25) is 5.91 Å². The summed E-state index contributed by atoms with van der Waals surface area (Å²) in [5.74, 6) is 0.0113. The Labute approximate surface area is 128 Å². The van der Waals surface area contributed by atoms with Crippen LogP contribution in [0, 0.1) is 0 Å². The summed E-state index contributed by atoms with van der Waals surface area (Å²) in [6.45, 7) is 8.06. The van der Waals surface area contributed by atoms with Crippen LogP contribution in [0.15, 0.2) is 18.5 Å². The SMILES string of the molecule is CCCC(NCC)c1ccn(CC(=O)NC(C)COC)c1. The fourth-order valence-electron chi connectivity index (χ4n) is 2.46. The summed E-state index contributed by atoms with van der Waals surface area (Å²) in [7, 11) is 1.63. The van der Waals surface area contributed by atoms with Crippen molar-refractivity contribution in [2.24, 2.45) is 0 Å². The van der Waals surface area contributed by atoms with Gasteiger partial charge in [0.1, 0.15) is 6.54 Å². The fourth-order valence-corrected chi connectivity index (χ4v) is 2.46. The predicted molar refractivity (Wildman–Crippen MR) is 85.2 cm³/mol. The molecule has 2 unspecified atom stereocenters. The third-order valence-electron chi connectivity index (χ3n) is 3.35. The van der Waals surface area contributed by atoms with Crippen LogP contribution in [-0.2, 0) is 16.1 Å². The lowest BCUT2D eigenvalue weighted by atomic mass is 10.1. The van der Waals surface area contributed by atoms with Crippen molar-refractivity contribution in [3.63, 3.8) is 0 Å². The normalized spacial score (nSPS) is 13.9. The van der Waals surface area contributed by atoms with Gasteiger partial charge in [0, 0.05) is 31.6 Å². The first kappa shape index (κ1) is 17.7. The van der Waals surface area contributed by atoms with Crippen LogP contribution in [0.1, 0.15) is 45.2 Å². The predicted octanol–water partition coefficient (Wildman–Crippen LogP) is 2.09. The average Bonchev–Trinajstić information content (AvgIpc) is 2.86. The summed E-state index contributed by atoms with van der Waals surface area (Å²) < 4.78 is 6.95. The molecule has 120 valence electrons. The topological polar surface area (TPSA) is 55.3 Å². The van der Waals surface area contributed by atoms with Gasteiger partial charge in [-0.25, -0.2) is 0 Å². The number of hydrogen-bond acceptors (Lipinski definition) is 3. The number of nitrogens with zero attached hydrogens (tertiary/aromatic N) is 1. The lowest BCUT2D eigenvalue weighted by Gasteiger charge is -2.16. The number of carbonyl (C=O) groups is 1. The van der Waals surface area contributed by atoms with Gasteiger partial charge in [0.05, 0.1) is 6.61 Å². The van der Waals surface area contributed by atoms with Crippen LogP contribution >= 0.6 is 0 Å². The van der Waals surface area contributed by atoms with E-state index in [1.165, 1.54) is 5.56 Å². The molecule has 0 bridgehead atoms. The molecule has 0 aromatic carbocycles. The van der Waals surface area contributed by atoms with Gasteiger partial charge in [-0.2, -0.15) is 0 Å². The highest BCUT2D eigenvalue weighted by molar-refractivity contribution is 5.76. The highest BCUT2D eigenvalue weighted by atomic mass is 16.5. The zero-order valence-corrected chi connectivity index (χ0v) is 13.7. The molecule has 0 spiro atoms. The first-order valence-electron chi connectivity index (χ1n) is 7.78. The van der Waals surface area contributed by atoms with Crippen LogP contribution in [0.2, 0.25) is 0 Å². The molecule has 1 aromatic heterocycles. The van der Waals surface area contributed by atoms with E-state index in [0.717, 1.165) is 19.4 Å². The second-order valence-corrected chi connectivity index (χ2v) is 5.44. The van der Waals surface area contributed by atoms with Crippen molar-refractivity contribution in [2.45, 2.75) is 52.2 Å². The van der Waals surface area contributed by atoms with Crippen LogP contribution in [0.4, 0.5) is 0 Å². The molecule has 1 rings (SSSR count). The van der Waals surface area contributed by atoms with Gasteiger partial charge in [0.25, 0.3) is 0 Å². The van der Waals surface area contributed by atoms with E-state index < -0.39 is 0 Å². The summed E-state index contributed by atoms with van der Waals surface area (Å²) in [6.07, 6.45) is 6.27. The quantitative estimate of drug-likeness (QED) is 0.695. The van der Waals surface area contributed by atoms with Crippen molar-refractivity contribution in [1.82, 2.24) is 15.2 Å². The zero-order chi connectivity index (χ0) is 15.7. The number of aromatic nitrogens is 1. The van der Waals surface area contributed by atoms with E-state index >= 15 is 0 Å². The molecular weight excluding hydrogens is 266 g/mol. The summed E-state index contributed by atoms with van der Waals surface area (Å²) in [5.41, 5.74) is 1.25. The third-order valence-corrected chi connectivity index (χ3v) is 3.35. The Balaban J connectivity index is 2.55. The van der Waals surface area contributed by atoms with Crippen molar-refractivity contribution in [1.29, 1.82) is 0 Å². The summed E-state index contributed by atoms with van der Waals surface area (Å²) in [4.78, 5) is 11.9. The van der Waals surface area contributed by atoms with Gasteiger partial charge < -0.3 is 19.9 Å². The smallest absolute Gasteiger partial charge is 0.240 e. The minimum atomic E-state index is 0.0113. The Morgan fingerprint density at radius 1 is 1.43 bits per heavy atom. The second-order valence-electron chi connectivity index (χ2n) is 5.44. The van der Waals surface area contributed by atoms with Crippen LogP contribution in [0.25, 0.3) is 0 Å². The van der Waals surface area contributed by atoms with Gasteiger partial charge in [-0.1, -0.05) is 20.3 Å². The number of ether oxygens (including phenoxy) is 1. The van der Waals surface area contributed by atoms with Crippen molar-refractivity contribution < 1.29 is 9.53 Å². The van der Waals surface area contributed by atoms with Gasteiger partial charge in [-0.05, 0) is 31.5 Å². The Morgan fingerprint density at radius 2 is 2.19 bits per heavy atom. The van der Waals surface area contributed by atoms with E-state index in [1.54, 1.807) is 7.11 Å². The Morgan fingerprint density at radius 3 is 2.81 bits per heavy atom. The number of hydrogen-bond donors (Lipinski definition) is 2. The standard InChI is InChI=1S/C16H29N3O2/c1-5-7-15(17-6-2)14-8-9-19(10-14)11-16(20)18-13(3)12-21-4/h8-10,13,15,17H,5-7,11-12H2,1-4H3,(H,18,20). The van der Waals surface area contributed by atoms with Crippen molar-refractivity contribution >= 4 is 5.91 Å². The molecule has 1 aromatic rings. The molecular formula is C16H29N3O2. The monoisotopic (exact) mass is 295 g/mol. The molecule has 1 heterocycles. The van der Waals surface area contributed by atoms with Crippen LogP contribution in [0.3, 0.4) is 0 Å². The minimum Gasteiger partial charge on any atom is -0.383 e. The molecule has 1 amide bonds. The van der Waals surface area contributed by atoms with Crippen molar-refractivity contribution in [3.05, 3.63) is 24.0 Å². The Bertz CT molecular complexity index is 411. The van der Waals surface area contributed by atoms with Gasteiger partial charge in [0.15, 0.2) is 0 Å². The van der Waals surface area contributed by atoms with E-state index in [1.807, 2.05) is 17.7 Å². The zero-order valence-electron chi connectivity index (χ0n) is 13.7. The molecule has 5 nitrogen and oxygen atoms in total. The third kappa shape index (κ3) is 6.31. The minimum absolute atomic E-state index is 0.0113. The first-order chi connectivity index (χ1) is 10.1. The molecule has 5 heteroatoms. The van der Waals surface area contributed by atoms with Crippen LogP contribution in [-0.4, -0.2) is 36.8 Å². The van der Waals surface area contributed by atoms with E-state index in [0.29, 0.717) is 19.2 Å². The number of carbonyl (C=O) groups excluding carboxylic acids is 1. The molecule has 2 atom stereocenters. The van der Waals surface area contributed by atoms with E-state index in [-0.39, 0.29) is 11.9 Å². The molecule has 0 fully saturated rings. The Kier molecular flexibility index (Phi) is 8.08. The average molecular weight is 295 g/mol. The molecule has 0 aliphatic heterocycles. The number of methoxy groups -OCH3 is 1. The van der Waals surface area contributed by atoms with Crippen LogP contribution in [0.5, 0.6) is 0 Å². The highest BCUT2D eigenvalue weighted by Gasteiger charge is 2.12. The Hall–Kier alpha value is -1.33. The molecule has 0 radical (unpaired) electrons. The number of amides is 1. The highest BCUT2D eigenvalue weighted by Crippen LogP contribution is 2.18. The maximum atomic E-state index is 11.9. The lowest BCUT2D eigenvalue weighted by molar-refractivity contribution is -0.122. The summed E-state index contributed by atoms with van der Waals surface area (Å²) in [6, 6.07) is 2.50.